The molecule has 0 unspecified atom stereocenters. The van der Waals surface area contributed by atoms with Crippen molar-refractivity contribution >= 4 is 11.9 Å². The Bertz CT molecular complexity index is 458. The average Bonchev–Trinajstić information content (AvgIpc) is 3.11. The molecule has 4 heteroatoms. The van der Waals surface area contributed by atoms with E-state index in [1.807, 2.05) is 37.3 Å². The molecule has 1 amide bonds. The summed E-state index contributed by atoms with van der Waals surface area (Å²) in [5, 5.41) is 8.90. The van der Waals surface area contributed by atoms with Crippen LogP contribution < -0.4 is 0 Å². The van der Waals surface area contributed by atoms with Gasteiger partial charge in [0.2, 0.25) is 5.91 Å². The topological polar surface area (TPSA) is 57.6 Å². The Morgan fingerprint density at radius 3 is 2.47 bits per heavy atom. The van der Waals surface area contributed by atoms with E-state index in [0.717, 1.165) is 12.0 Å². The maximum absolute atomic E-state index is 12.1. The first-order valence-corrected chi connectivity index (χ1v) is 6.62. The lowest BCUT2D eigenvalue weighted by molar-refractivity contribution is -0.145. The van der Waals surface area contributed by atoms with E-state index < -0.39 is 5.97 Å². The quantitative estimate of drug-likeness (QED) is 0.849. The molecule has 1 aliphatic carbocycles. The lowest BCUT2D eigenvalue weighted by atomic mass is 10.1. The van der Waals surface area contributed by atoms with Crippen molar-refractivity contribution in [3.8, 4) is 0 Å². The molecule has 0 bridgehead atoms. The number of rotatable bonds is 6. The molecule has 0 spiro atoms. The molecule has 0 aliphatic heterocycles. The molecule has 1 saturated carbocycles. The third-order valence-electron chi connectivity index (χ3n) is 3.58. The molecule has 1 N–H and O–H groups in total. The number of hydrogen-bond donors (Lipinski definition) is 1. The van der Waals surface area contributed by atoms with Gasteiger partial charge in [0.1, 0.15) is 6.54 Å². The number of carbonyl (C=O) groups is 2. The van der Waals surface area contributed by atoms with Crippen LogP contribution in [0.3, 0.4) is 0 Å². The van der Waals surface area contributed by atoms with Crippen molar-refractivity contribution in [1.29, 1.82) is 0 Å². The second-order valence-corrected chi connectivity index (χ2v) is 5.21. The van der Waals surface area contributed by atoms with Gasteiger partial charge in [0, 0.05) is 12.5 Å². The van der Waals surface area contributed by atoms with Crippen molar-refractivity contribution in [3.63, 3.8) is 0 Å². The third-order valence-corrected chi connectivity index (χ3v) is 3.58. The highest BCUT2D eigenvalue weighted by Crippen LogP contribution is 2.39. The van der Waals surface area contributed by atoms with Crippen LogP contribution >= 0.6 is 0 Å². The number of amides is 1. The highest BCUT2D eigenvalue weighted by molar-refractivity contribution is 5.85. The van der Waals surface area contributed by atoms with Crippen molar-refractivity contribution in [3.05, 3.63) is 35.9 Å². The van der Waals surface area contributed by atoms with Gasteiger partial charge in [0.25, 0.3) is 0 Å². The van der Waals surface area contributed by atoms with Crippen LogP contribution in [0.4, 0.5) is 0 Å². The lowest BCUT2D eigenvalue weighted by Gasteiger charge is -2.20. The number of hydrogen-bond acceptors (Lipinski definition) is 2. The van der Waals surface area contributed by atoms with E-state index >= 15 is 0 Å². The molecule has 0 heterocycles. The van der Waals surface area contributed by atoms with Crippen LogP contribution in [0, 0.1) is 11.8 Å². The Labute approximate surface area is 113 Å². The standard InChI is InChI=1S/C15H19NO3/c1-11-9-13(11)15(19)16(10-14(17)18)8-7-12-5-3-2-4-6-12/h2-6,11,13H,7-10H2,1H3,(H,17,18)/t11-,13+/m1/s1. The van der Waals surface area contributed by atoms with Crippen molar-refractivity contribution in [1.82, 2.24) is 4.90 Å². The minimum atomic E-state index is -0.949. The number of benzene rings is 1. The fourth-order valence-electron chi connectivity index (χ4n) is 2.24. The molecule has 1 aliphatic rings. The summed E-state index contributed by atoms with van der Waals surface area (Å²) in [6.07, 6.45) is 1.58. The van der Waals surface area contributed by atoms with Gasteiger partial charge in [-0.3, -0.25) is 9.59 Å². The fourth-order valence-corrected chi connectivity index (χ4v) is 2.24. The molecular weight excluding hydrogens is 242 g/mol. The van der Waals surface area contributed by atoms with E-state index in [1.165, 1.54) is 4.90 Å². The van der Waals surface area contributed by atoms with Gasteiger partial charge in [-0.25, -0.2) is 0 Å². The van der Waals surface area contributed by atoms with E-state index in [-0.39, 0.29) is 18.4 Å². The van der Waals surface area contributed by atoms with Gasteiger partial charge in [-0.2, -0.15) is 0 Å². The zero-order chi connectivity index (χ0) is 13.8. The second kappa shape index (κ2) is 5.87. The van der Waals surface area contributed by atoms with E-state index in [2.05, 4.69) is 0 Å². The second-order valence-electron chi connectivity index (χ2n) is 5.21. The monoisotopic (exact) mass is 261 g/mol. The molecule has 0 saturated heterocycles. The highest BCUT2D eigenvalue weighted by atomic mass is 16.4. The van der Waals surface area contributed by atoms with E-state index in [1.54, 1.807) is 0 Å². The van der Waals surface area contributed by atoms with E-state index in [4.69, 9.17) is 5.11 Å². The molecule has 1 fully saturated rings. The van der Waals surface area contributed by atoms with Crippen molar-refractivity contribution in [2.45, 2.75) is 19.8 Å². The largest absolute Gasteiger partial charge is 0.480 e. The molecule has 102 valence electrons. The molecular formula is C15H19NO3. The van der Waals surface area contributed by atoms with Gasteiger partial charge in [0.15, 0.2) is 0 Å². The van der Waals surface area contributed by atoms with E-state index in [0.29, 0.717) is 18.9 Å². The molecule has 0 radical (unpaired) electrons. The Balaban J connectivity index is 1.94. The normalized spacial score (nSPS) is 20.9. The number of carboxylic acids is 1. The molecule has 4 nitrogen and oxygen atoms in total. The molecule has 0 aromatic heterocycles. The first-order chi connectivity index (χ1) is 9.08. The summed E-state index contributed by atoms with van der Waals surface area (Å²) < 4.78 is 0. The summed E-state index contributed by atoms with van der Waals surface area (Å²) in [6, 6.07) is 9.81. The van der Waals surface area contributed by atoms with Gasteiger partial charge in [-0.15, -0.1) is 0 Å². The van der Waals surface area contributed by atoms with Crippen LogP contribution in [0.5, 0.6) is 0 Å². The number of carbonyl (C=O) groups excluding carboxylic acids is 1. The minimum absolute atomic E-state index is 0.00849. The Kier molecular flexibility index (Phi) is 4.20. The fraction of sp³-hybridized carbons (Fsp3) is 0.467. The van der Waals surface area contributed by atoms with Crippen LogP contribution in [0.15, 0.2) is 30.3 Å². The smallest absolute Gasteiger partial charge is 0.323 e. The van der Waals surface area contributed by atoms with Crippen LogP contribution in [0.1, 0.15) is 18.9 Å². The summed E-state index contributed by atoms with van der Waals surface area (Å²) in [5.41, 5.74) is 1.12. The van der Waals surface area contributed by atoms with Crippen LogP contribution in [0.2, 0.25) is 0 Å². The minimum Gasteiger partial charge on any atom is -0.480 e. The van der Waals surface area contributed by atoms with Gasteiger partial charge < -0.3 is 10.0 Å². The first-order valence-electron chi connectivity index (χ1n) is 6.62. The zero-order valence-electron chi connectivity index (χ0n) is 11.1. The summed E-state index contributed by atoms with van der Waals surface area (Å²) in [4.78, 5) is 24.5. The SMILES string of the molecule is C[C@@H]1C[C@@H]1C(=O)N(CCc1ccccc1)CC(=O)O. The van der Waals surface area contributed by atoms with Crippen molar-refractivity contribution in [2.24, 2.45) is 11.8 Å². The van der Waals surface area contributed by atoms with Crippen LogP contribution in [0.25, 0.3) is 0 Å². The molecule has 1 aromatic rings. The summed E-state index contributed by atoms with van der Waals surface area (Å²) in [7, 11) is 0. The number of carboxylic acid groups (broad SMARTS) is 1. The zero-order valence-corrected chi connectivity index (χ0v) is 11.1. The average molecular weight is 261 g/mol. The maximum atomic E-state index is 12.1. The highest BCUT2D eigenvalue weighted by Gasteiger charge is 2.41. The van der Waals surface area contributed by atoms with Crippen LogP contribution in [-0.2, 0) is 16.0 Å². The van der Waals surface area contributed by atoms with Gasteiger partial charge in [-0.05, 0) is 24.3 Å². The summed E-state index contributed by atoms with van der Waals surface area (Å²) in [5.74, 6) is -0.517. The maximum Gasteiger partial charge on any atom is 0.323 e. The Hall–Kier alpha value is -1.84. The number of nitrogens with zero attached hydrogens (tertiary/aromatic N) is 1. The van der Waals surface area contributed by atoms with Crippen LogP contribution in [-0.4, -0.2) is 35.0 Å². The summed E-state index contributed by atoms with van der Waals surface area (Å²) in [6.45, 7) is 2.30. The molecule has 1 aromatic carbocycles. The Morgan fingerprint density at radius 1 is 1.32 bits per heavy atom. The van der Waals surface area contributed by atoms with Gasteiger partial charge in [0.05, 0.1) is 0 Å². The molecule has 2 rings (SSSR count). The number of aliphatic carboxylic acids is 1. The third kappa shape index (κ3) is 3.81. The predicted molar refractivity (Wildman–Crippen MR) is 71.6 cm³/mol. The van der Waals surface area contributed by atoms with Crippen molar-refractivity contribution < 1.29 is 14.7 Å². The first kappa shape index (κ1) is 13.6. The predicted octanol–water partition coefficient (Wildman–Crippen LogP) is 1.80. The molecule has 19 heavy (non-hydrogen) atoms. The summed E-state index contributed by atoms with van der Waals surface area (Å²) >= 11 is 0. The molecule has 2 atom stereocenters. The Morgan fingerprint density at radius 2 is 1.95 bits per heavy atom. The van der Waals surface area contributed by atoms with Gasteiger partial charge in [-0.1, -0.05) is 37.3 Å². The van der Waals surface area contributed by atoms with Gasteiger partial charge >= 0.3 is 5.97 Å². The van der Waals surface area contributed by atoms with E-state index in [9.17, 15) is 9.59 Å². The van der Waals surface area contributed by atoms with Crippen molar-refractivity contribution in [2.75, 3.05) is 13.1 Å². The lowest BCUT2D eigenvalue weighted by Crippen LogP contribution is -2.38.